The molecule has 2 fully saturated rings. The zero-order valence-corrected chi connectivity index (χ0v) is 15.9. The van der Waals surface area contributed by atoms with E-state index in [1.165, 1.54) is 0 Å². The maximum Gasteiger partial charge on any atom is 0.152 e. The number of aromatic nitrogens is 2. The molecule has 2 aliphatic heterocycles. The minimum Gasteiger partial charge on any atom is -0.388 e. The third kappa shape index (κ3) is 3.59. The summed E-state index contributed by atoms with van der Waals surface area (Å²) in [7, 11) is 4.10. The van der Waals surface area contributed by atoms with E-state index in [9.17, 15) is 5.11 Å². The van der Waals surface area contributed by atoms with Crippen molar-refractivity contribution < 1.29 is 9.84 Å². The highest BCUT2D eigenvalue weighted by Crippen LogP contribution is 2.31. The Morgan fingerprint density at radius 1 is 1.35 bits per heavy atom. The summed E-state index contributed by atoms with van der Waals surface area (Å²) in [6.07, 6.45) is 8.07. The van der Waals surface area contributed by atoms with Crippen LogP contribution in [-0.4, -0.2) is 71.9 Å². The van der Waals surface area contributed by atoms with Crippen LogP contribution in [0.1, 0.15) is 37.3 Å². The summed E-state index contributed by atoms with van der Waals surface area (Å²) < 4.78 is 7.60. The Morgan fingerprint density at radius 2 is 2.15 bits per heavy atom. The topological polar surface area (TPSA) is 53.2 Å². The molecular weight excluding hydrogens is 328 g/mol. The van der Waals surface area contributed by atoms with Crippen molar-refractivity contribution in [1.29, 1.82) is 0 Å². The third-order valence-corrected chi connectivity index (χ3v) is 5.80. The van der Waals surface area contributed by atoms with E-state index in [0.717, 1.165) is 62.3 Å². The lowest BCUT2D eigenvalue weighted by Gasteiger charge is -2.40. The van der Waals surface area contributed by atoms with E-state index in [1.807, 2.05) is 14.1 Å². The largest absolute Gasteiger partial charge is 0.388 e. The van der Waals surface area contributed by atoms with Crippen LogP contribution in [0.2, 0.25) is 0 Å². The molecule has 1 N–H and O–H groups in total. The first-order valence-electron chi connectivity index (χ1n) is 9.71. The SMILES string of the molecule is CN(C)c1nc([C@@H]2CCCN(CC3(O)CCOCC3)C2)cn2cccc12. The van der Waals surface area contributed by atoms with Gasteiger partial charge >= 0.3 is 0 Å². The van der Waals surface area contributed by atoms with Gasteiger partial charge < -0.3 is 19.1 Å². The number of likely N-dealkylation sites (tertiary alicyclic amines) is 1. The molecule has 0 aromatic carbocycles. The first-order chi connectivity index (χ1) is 12.5. The van der Waals surface area contributed by atoms with Gasteiger partial charge in [0.15, 0.2) is 5.82 Å². The van der Waals surface area contributed by atoms with Crippen LogP contribution >= 0.6 is 0 Å². The molecule has 0 amide bonds. The molecule has 6 nitrogen and oxygen atoms in total. The van der Waals surface area contributed by atoms with Gasteiger partial charge in [0.1, 0.15) is 0 Å². The number of hydrogen-bond acceptors (Lipinski definition) is 5. The summed E-state index contributed by atoms with van der Waals surface area (Å²) in [5.41, 5.74) is 1.70. The van der Waals surface area contributed by atoms with Crippen LogP contribution in [0.3, 0.4) is 0 Å². The predicted molar refractivity (Wildman–Crippen MR) is 103 cm³/mol. The van der Waals surface area contributed by atoms with Crippen LogP contribution in [0.5, 0.6) is 0 Å². The average molecular weight is 358 g/mol. The van der Waals surface area contributed by atoms with E-state index in [1.54, 1.807) is 0 Å². The van der Waals surface area contributed by atoms with Crippen molar-refractivity contribution >= 4 is 11.3 Å². The average Bonchev–Trinajstić information content (AvgIpc) is 3.09. The van der Waals surface area contributed by atoms with Gasteiger partial charge in [0.2, 0.25) is 0 Å². The van der Waals surface area contributed by atoms with E-state index in [4.69, 9.17) is 9.72 Å². The van der Waals surface area contributed by atoms with Crippen LogP contribution in [0.4, 0.5) is 5.82 Å². The highest BCUT2D eigenvalue weighted by atomic mass is 16.5. The fourth-order valence-corrected chi connectivity index (χ4v) is 4.34. The van der Waals surface area contributed by atoms with Gasteiger partial charge in [-0.15, -0.1) is 0 Å². The number of β-amino-alcohol motifs (C(OH)–C–C–N with tert-alkyl or cyclic N) is 1. The summed E-state index contributed by atoms with van der Waals surface area (Å²) in [4.78, 5) is 9.51. The monoisotopic (exact) mass is 358 g/mol. The minimum atomic E-state index is -0.591. The minimum absolute atomic E-state index is 0.415. The molecule has 6 heteroatoms. The Morgan fingerprint density at radius 3 is 2.92 bits per heavy atom. The van der Waals surface area contributed by atoms with Crippen molar-refractivity contribution in [3.63, 3.8) is 0 Å². The molecule has 2 aromatic rings. The summed E-state index contributed by atoms with van der Waals surface area (Å²) in [6.45, 7) is 4.12. The van der Waals surface area contributed by atoms with Crippen molar-refractivity contribution in [3.05, 3.63) is 30.2 Å². The molecule has 0 bridgehead atoms. The molecule has 0 radical (unpaired) electrons. The molecule has 2 saturated heterocycles. The molecular formula is C20H30N4O2. The van der Waals surface area contributed by atoms with Gasteiger partial charge in [0.25, 0.3) is 0 Å². The Bertz CT molecular complexity index is 751. The number of aliphatic hydroxyl groups is 1. The first-order valence-corrected chi connectivity index (χ1v) is 9.71. The molecule has 142 valence electrons. The number of rotatable bonds is 4. The maximum atomic E-state index is 10.9. The van der Waals surface area contributed by atoms with Crippen molar-refractivity contribution in [2.45, 2.75) is 37.2 Å². The standard InChI is InChI=1S/C20H30N4O2/c1-22(2)19-18-6-4-10-24(18)14-17(21-19)16-5-3-9-23(13-16)15-20(25)7-11-26-12-8-20/h4,6,10,14,16,25H,3,5,7-9,11-13,15H2,1-2H3/t16-/m1/s1. The van der Waals surface area contributed by atoms with E-state index in [0.29, 0.717) is 19.1 Å². The number of hydrogen-bond donors (Lipinski definition) is 1. The summed E-state index contributed by atoms with van der Waals surface area (Å²) >= 11 is 0. The number of piperidine rings is 1. The summed E-state index contributed by atoms with van der Waals surface area (Å²) in [6, 6.07) is 4.18. The lowest BCUT2D eigenvalue weighted by molar-refractivity contribution is -0.0824. The second kappa shape index (κ2) is 7.18. The van der Waals surface area contributed by atoms with E-state index < -0.39 is 5.60 Å². The smallest absolute Gasteiger partial charge is 0.152 e. The van der Waals surface area contributed by atoms with Crippen molar-refractivity contribution in [2.24, 2.45) is 0 Å². The number of nitrogens with zero attached hydrogens (tertiary/aromatic N) is 4. The van der Waals surface area contributed by atoms with Gasteiger partial charge in [-0.1, -0.05) is 0 Å². The van der Waals surface area contributed by atoms with Crippen LogP contribution in [-0.2, 0) is 4.74 Å². The van der Waals surface area contributed by atoms with E-state index >= 15 is 0 Å². The molecule has 0 spiro atoms. The van der Waals surface area contributed by atoms with E-state index in [-0.39, 0.29) is 0 Å². The molecule has 4 rings (SSSR count). The van der Waals surface area contributed by atoms with Crippen LogP contribution < -0.4 is 4.90 Å². The Labute approximate surface area is 155 Å². The lowest BCUT2D eigenvalue weighted by Crippen LogP contribution is -2.49. The third-order valence-electron chi connectivity index (χ3n) is 5.80. The normalized spacial score (nSPS) is 24.0. The molecule has 4 heterocycles. The molecule has 0 unspecified atom stereocenters. The van der Waals surface area contributed by atoms with Crippen LogP contribution in [0.25, 0.3) is 5.52 Å². The summed E-state index contributed by atoms with van der Waals surface area (Å²) in [5, 5.41) is 10.9. The highest BCUT2D eigenvalue weighted by Gasteiger charge is 2.34. The Kier molecular flexibility index (Phi) is 4.90. The molecule has 26 heavy (non-hydrogen) atoms. The number of anilines is 1. The second-order valence-corrected chi connectivity index (χ2v) is 8.10. The Hall–Kier alpha value is -1.63. The lowest BCUT2D eigenvalue weighted by atomic mass is 9.90. The van der Waals surface area contributed by atoms with Crippen LogP contribution in [0.15, 0.2) is 24.5 Å². The summed E-state index contributed by atoms with van der Waals surface area (Å²) in [5.74, 6) is 1.44. The van der Waals surface area contributed by atoms with Crippen molar-refractivity contribution in [1.82, 2.24) is 14.3 Å². The van der Waals surface area contributed by atoms with Gasteiger partial charge in [-0.05, 0) is 31.5 Å². The molecule has 2 aromatic heterocycles. The van der Waals surface area contributed by atoms with E-state index in [2.05, 4.69) is 38.7 Å². The number of ether oxygens (including phenoxy) is 1. The highest BCUT2D eigenvalue weighted by molar-refractivity contribution is 5.69. The van der Waals surface area contributed by atoms with Gasteiger partial charge in [-0.2, -0.15) is 0 Å². The molecule has 0 aliphatic carbocycles. The molecule has 2 aliphatic rings. The van der Waals surface area contributed by atoms with Gasteiger partial charge in [0, 0.05) is 71.6 Å². The predicted octanol–water partition coefficient (Wildman–Crippen LogP) is 2.12. The van der Waals surface area contributed by atoms with Gasteiger partial charge in [-0.25, -0.2) is 4.98 Å². The first kappa shape index (κ1) is 17.8. The zero-order valence-electron chi connectivity index (χ0n) is 15.9. The van der Waals surface area contributed by atoms with Gasteiger partial charge in [0.05, 0.1) is 16.8 Å². The van der Waals surface area contributed by atoms with Gasteiger partial charge in [-0.3, -0.25) is 4.90 Å². The second-order valence-electron chi connectivity index (χ2n) is 8.10. The quantitative estimate of drug-likeness (QED) is 0.907. The van der Waals surface area contributed by atoms with Crippen molar-refractivity contribution in [3.8, 4) is 0 Å². The Balaban J connectivity index is 1.53. The van der Waals surface area contributed by atoms with Crippen molar-refractivity contribution in [2.75, 3.05) is 51.8 Å². The maximum absolute atomic E-state index is 10.9. The fourth-order valence-electron chi connectivity index (χ4n) is 4.34. The molecule has 1 atom stereocenters. The molecule has 0 saturated carbocycles. The fraction of sp³-hybridized carbons (Fsp3) is 0.650. The number of fused-ring (bicyclic) bond motifs is 1. The zero-order chi connectivity index (χ0) is 18.1. The van der Waals surface area contributed by atoms with Crippen LogP contribution in [0, 0.1) is 0 Å².